The molecule has 0 unspecified atom stereocenters. The number of carboxylic acids is 1. The molecule has 1 aromatic carbocycles. The van der Waals surface area contributed by atoms with Crippen molar-refractivity contribution in [1.29, 1.82) is 0 Å². The number of pyridine rings is 1. The van der Waals surface area contributed by atoms with E-state index in [2.05, 4.69) is 37.3 Å². The molecule has 0 spiro atoms. The molecule has 1 saturated heterocycles. The molecular formula is C20H19N5O2. The number of aromatic carboxylic acids is 1. The summed E-state index contributed by atoms with van der Waals surface area (Å²) in [5.41, 5.74) is 2.55. The Morgan fingerprint density at radius 3 is 2.70 bits per heavy atom. The Labute approximate surface area is 156 Å². The van der Waals surface area contributed by atoms with E-state index in [0.29, 0.717) is 17.3 Å². The van der Waals surface area contributed by atoms with Crippen molar-refractivity contribution in [3.63, 3.8) is 0 Å². The first-order chi connectivity index (χ1) is 13.2. The van der Waals surface area contributed by atoms with Crippen molar-refractivity contribution < 1.29 is 9.90 Å². The van der Waals surface area contributed by atoms with Crippen molar-refractivity contribution in [2.24, 2.45) is 0 Å². The topological polar surface area (TPSA) is 91.2 Å². The second-order valence-corrected chi connectivity index (χ2v) is 6.34. The van der Waals surface area contributed by atoms with Gasteiger partial charge in [-0.1, -0.05) is 30.3 Å². The molecule has 4 rings (SSSR count). The molecule has 2 aromatic heterocycles. The van der Waals surface area contributed by atoms with Crippen LogP contribution in [0.3, 0.4) is 0 Å². The van der Waals surface area contributed by atoms with Crippen LogP contribution in [-0.4, -0.2) is 45.7 Å². The molecule has 0 amide bonds. The third-order valence-corrected chi connectivity index (χ3v) is 4.57. The number of piperazine rings is 1. The number of rotatable bonds is 4. The summed E-state index contributed by atoms with van der Waals surface area (Å²) in [6.45, 7) is 2.39. The van der Waals surface area contributed by atoms with Crippen molar-refractivity contribution in [2.75, 3.05) is 24.5 Å². The minimum absolute atomic E-state index is 0.187. The lowest BCUT2D eigenvalue weighted by atomic mass is 10.0. The Balaban J connectivity index is 1.59. The first kappa shape index (κ1) is 17.1. The van der Waals surface area contributed by atoms with Gasteiger partial charge in [0.15, 0.2) is 0 Å². The first-order valence-electron chi connectivity index (χ1n) is 8.77. The molecule has 1 aliphatic heterocycles. The summed E-state index contributed by atoms with van der Waals surface area (Å²) in [4.78, 5) is 26.6. The summed E-state index contributed by atoms with van der Waals surface area (Å²) in [7, 11) is 0. The Bertz CT molecular complexity index is 948. The minimum atomic E-state index is -0.985. The van der Waals surface area contributed by atoms with E-state index in [9.17, 15) is 9.90 Å². The Morgan fingerprint density at radius 1 is 1.07 bits per heavy atom. The number of carbonyl (C=O) groups is 1. The highest BCUT2D eigenvalue weighted by atomic mass is 16.4. The van der Waals surface area contributed by atoms with Gasteiger partial charge in [0.1, 0.15) is 0 Å². The van der Waals surface area contributed by atoms with Gasteiger partial charge in [-0.15, -0.1) is 0 Å². The predicted octanol–water partition coefficient (Wildman–Crippen LogP) is 2.39. The number of nitrogens with one attached hydrogen (secondary N) is 1. The van der Waals surface area contributed by atoms with Gasteiger partial charge in [-0.05, 0) is 23.8 Å². The van der Waals surface area contributed by atoms with Crippen LogP contribution in [0.25, 0.3) is 11.4 Å². The quantitative estimate of drug-likeness (QED) is 0.737. The van der Waals surface area contributed by atoms with E-state index >= 15 is 0 Å². The average Bonchev–Trinajstić information content (AvgIpc) is 2.75. The van der Waals surface area contributed by atoms with Gasteiger partial charge in [-0.2, -0.15) is 0 Å². The van der Waals surface area contributed by atoms with Gasteiger partial charge < -0.3 is 15.3 Å². The van der Waals surface area contributed by atoms with Gasteiger partial charge in [0, 0.05) is 38.1 Å². The summed E-state index contributed by atoms with van der Waals surface area (Å²) in [5, 5.41) is 12.7. The summed E-state index contributed by atoms with van der Waals surface area (Å²) in [5.74, 6) is -0.363. The zero-order valence-corrected chi connectivity index (χ0v) is 14.6. The van der Waals surface area contributed by atoms with Crippen molar-refractivity contribution in [3.05, 3.63) is 72.1 Å². The number of benzene rings is 1. The van der Waals surface area contributed by atoms with Crippen LogP contribution >= 0.6 is 0 Å². The molecule has 0 bridgehead atoms. The SMILES string of the molecule is O=C(O)c1ccnc(-c2ccnc(N3CCN[C@H](c4ccccc4)C3)n2)c1. The largest absolute Gasteiger partial charge is 0.478 e. The van der Waals surface area contributed by atoms with Gasteiger partial charge in [0.2, 0.25) is 5.95 Å². The van der Waals surface area contributed by atoms with E-state index in [1.807, 2.05) is 18.2 Å². The van der Waals surface area contributed by atoms with E-state index in [0.717, 1.165) is 19.6 Å². The van der Waals surface area contributed by atoms with Crippen LogP contribution in [-0.2, 0) is 0 Å². The highest BCUT2D eigenvalue weighted by molar-refractivity contribution is 5.88. The van der Waals surface area contributed by atoms with Crippen LogP contribution in [0.4, 0.5) is 5.95 Å². The Morgan fingerprint density at radius 2 is 1.89 bits per heavy atom. The maximum atomic E-state index is 11.2. The molecule has 7 heteroatoms. The Kier molecular flexibility index (Phi) is 4.76. The van der Waals surface area contributed by atoms with Gasteiger partial charge in [-0.3, -0.25) is 4.98 Å². The second-order valence-electron chi connectivity index (χ2n) is 6.34. The summed E-state index contributed by atoms with van der Waals surface area (Å²) >= 11 is 0. The lowest BCUT2D eigenvalue weighted by Gasteiger charge is -2.34. The fourth-order valence-corrected chi connectivity index (χ4v) is 3.19. The van der Waals surface area contributed by atoms with Gasteiger partial charge in [0.05, 0.1) is 17.0 Å². The monoisotopic (exact) mass is 361 g/mol. The minimum Gasteiger partial charge on any atom is -0.478 e. The lowest BCUT2D eigenvalue weighted by molar-refractivity contribution is 0.0697. The highest BCUT2D eigenvalue weighted by Crippen LogP contribution is 2.22. The molecule has 27 heavy (non-hydrogen) atoms. The molecule has 0 aliphatic carbocycles. The van der Waals surface area contributed by atoms with Crippen molar-refractivity contribution in [3.8, 4) is 11.4 Å². The maximum Gasteiger partial charge on any atom is 0.335 e. The van der Waals surface area contributed by atoms with Crippen LogP contribution in [0.2, 0.25) is 0 Å². The predicted molar refractivity (Wildman–Crippen MR) is 102 cm³/mol. The van der Waals surface area contributed by atoms with Crippen LogP contribution < -0.4 is 10.2 Å². The number of aromatic nitrogens is 3. The zero-order valence-electron chi connectivity index (χ0n) is 14.6. The number of carboxylic acid groups (broad SMARTS) is 1. The number of anilines is 1. The lowest BCUT2D eigenvalue weighted by Crippen LogP contribution is -2.46. The summed E-state index contributed by atoms with van der Waals surface area (Å²) in [6, 6.07) is 15.2. The maximum absolute atomic E-state index is 11.2. The van der Waals surface area contributed by atoms with Crippen LogP contribution in [0.15, 0.2) is 60.9 Å². The molecule has 0 saturated carbocycles. The van der Waals surface area contributed by atoms with Crippen LogP contribution in [0.5, 0.6) is 0 Å². The molecule has 0 radical (unpaired) electrons. The fraction of sp³-hybridized carbons (Fsp3) is 0.200. The van der Waals surface area contributed by atoms with E-state index in [1.54, 1.807) is 12.3 Å². The smallest absolute Gasteiger partial charge is 0.335 e. The van der Waals surface area contributed by atoms with E-state index in [4.69, 9.17) is 0 Å². The van der Waals surface area contributed by atoms with Gasteiger partial charge in [0.25, 0.3) is 0 Å². The standard InChI is InChI=1S/C20H19N5O2/c26-19(27)15-6-8-21-17(12-15)16-7-9-23-20(24-16)25-11-10-22-18(13-25)14-4-2-1-3-5-14/h1-9,12,18,22H,10-11,13H2,(H,26,27)/t18-/m0/s1. The van der Waals surface area contributed by atoms with E-state index in [-0.39, 0.29) is 11.6 Å². The van der Waals surface area contributed by atoms with E-state index in [1.165, 1.54) is 23.9 Å². The van der Waals surface area contributed by atoms with Crippen molar-refractivity contribution in [2.45, 2.75) is 6.04 Å². The van der Waals surface area contributed by atoms with Gasteiger partial charge in [-0.25, -0.2) is 14.8 Å². The molecule has 136 valence electrons. The summed E-state index contributed by atoms with van der Waals surface area (Å²) < 4.78 is 0. The zero-order chi connectivity index (χ0) is 18.6. The molecule has 3 heterocycles. The normalized spacial score (nSPS) is 16.9. The van der Waals surface area contributed by atoms with Crippen LogP contribution in [0.1, 0.15) is 22.0 Å². The molecule has 3 aromatic rings. The van der Waals surface area contributed by atoms with Crippen molar-refractivity contribution >= 4 is 11.9 Å². The molecular weight excluding hydrogens is 342 g/mol. The third-order valence-electron chi connectivity index (χ3n) is 4.57. The highest BCUT2D eigenvalue weighted by Gasteiger charge is 2.22. The molecule has 2 N–H and O–H groups in total. The third kappa shape index (κ3) is 3.78. The Hall–Kier alpha value is -3.32. The fourth-order valence-electron chi connectivity index (χ4n) is 3.19. The second kappa shape index (κ2) is 7.51. The van der Waals surface area contributed by atoms with E-state index < -0.39 is 5.97 Å². The number of hydrogen-bond acceptors (Lipinski definition) is 6. The number of nitrogens with zero attached hydrogens (tertiary/aromatic N) is 4. The van der Waals surface area contributed by atoms with Gasteiger partial charge >= 0.3 is 5.97 Å². The van der Waals surface area contributed by atoms with Crippen molar-refractivity contribution in [1.82, 2.24) is 20.3 Å². The molecule has 1 fully saturated rings. The molecule has 1 atom stereocenters. The number of hydrogen-bond donors (Lipinski definition) is 2. The van der Waals surface area contributed by atoms with Crippen LogP contribution in [0, 0.1) is 0 Å². The first-order valence-corrected chi connectivity index (χ1v) is 8.77. The molecule has 7 nitrogen and oxygen atoms in total. The molecule has 1 aliphatic rings. The summed E-state index contributed by atoms with van der Waals surface area (Å²) in [6.07, 6.45) is 3.17. The average molecular weight is 361 g/mol.